The van der Waals surface area contributed by atoms with Gasteiger partial charge in [0.05, 0.1) is 24.5 Å². The molecule has 0 fully saturated rings. The molecule has 0 aliphatic carbocycles. The molecule has 2 aromatic carbocycles. The number of carbonyl (C=O) groups excluding carboxylic acids is 1. The van der Waals surface area contributed by atoms with E-state index in [0.29, 0.717) is 17.9 Å². The summed E-state index contributed by atoms with van der Waals surface area (Å²) in [5.74, 6) is 1.46. The van der Waals surface area contributed by atoms with Gasteiger partial charge in [-0.05, 0) is 37.5 Å². The Morgan fingerprint density at radius 3 is 2.64 bits per heavy atom. The fraction of sp³-hybridized carbons (Fsp3) is 0.250. The number of rotatable bonds is 11. The Morgan fingerprint density at radius 2 is 1.97 bits per heavy atom. The minimum absolute atomic E-state index is 0.0255. The van der Waals surface area contributed by atoms with Crippen LogP contribution in [0.4, 0.5) is 5.69 Å². The Morgan fingerprint density at radius 1 is 1.24 bits per heavy atom. The number of anilines is 1. The summed E-state index contributed by atoms with van der Waals surface area (Å²) >= 11 is 0. The number of fused-ring (bicyclic) bond motifs is 1. The van der Waals surface area contributed by atoms with Crippen molar-refractivity contribution in [3.05, 3.63) is 103 Å². The summed E-state index contributed by atoms with van der Waals surface area (Å²) in [5.41, 5.74) is 5.06. The van der Waals surface area contributed by atoms with Crippen molar-refractivity contribution in [2.75, 3.05) is 19.5 Å². The molecular formula is C28H33N3O2. The van der Waals surface area contributed by atoms with Crippen molar-refractivity contribution in [3.63, 3.8) is 0 Å². The van der Waals surface area contributed by atoms with E-state index in [2.05, 4.69) is 31.6 Å². The maximum Gasteiger partial charge on any atom is 0.259 e. The van der Waals surface area contributed by atoms with E-state index in [4.69, 9.17) is 4.74 Å². The lowest BCUT2D eigenvalue weighted by molar-refractivity contribution is 0.0815. The van der Waals surface area contributed by atoms with E-state index < -0.39 is 0 Å². The van der Waals surface area contributed by atoms with Crippen molar-refractivity contribution in [3.8, 4) is 5.75 Å². The number of nitrogens with zero attached hydrogens (tertiary/aromatic N) is 2. The van der Waals surface area contributed by atoms with Gasteiger partial charge in [0, 0.05) is 36.6 Å². The maximum absolute atomic E-state index is 13.6. The molecule has 5 nitrogen and oxygen atoms in total. The molecule has 0 saturated heterocycles. The first-order valence-electron chi connectivity index (χ1n) is 11.0. The summed E-state index contributed by atoms with van der Waals surface area (Å²) in [5, 5.41) is 3.31. The van der Waals surface area contributed by atoms with Crippen molar-refractivity contribution < 1.29 is 9.53 Å². The second kappa shape index (κ2) is 10.3. The predicted molar refractivity (Wildman–Crippen MR) is 137 cm³/mol. The van der Waals surface area contributed by atoms with E-state index in [1.54, 1.807) is 12.0 Å². The molecule has 0 saturated carbocycles. The fourth-order valence-corrected chi connectivity index (χ4v) is 4.11. The zero-order chi connectivity index (χ0) is 24.1. The van der Waals surface area contributed by atoms with Crippen LogP contribution in [0.3, 0.4) is 0 Å². The lowest BCUT2D eigenvalue weighted by Gasteiger charge is -2.29. The molecule has 33 heavy (non-hydrogen) atoms. The van der Waals surface area contributed by atoms with Gasteiger partial charge in [0.15, 0.2) is 0 Å². The number of ether oxygens (including phenoxy) is 1. The van der Waals surface area contributed by atoms with Gasteiger partial charge < -0.3 is 19.9 Å². The monoisotopic (exact) mass is 443 g/mol. The van der Waals surface area contributed by atoms with Gasteiger partial charge in [-0.25, -0.2) is 0 Å². The lowest BCUT2D eigenvalue weighted by Crippen LogP contribution is -2.35. The van der Waals surface area contributed by atoms with Gasteiger partial charge in [-0.2, -0.15) is 0 Å². The van der Waals surface area contributed by atoms with Crippen LogP contribution in [0.25, 0.3) is 5.70 Å². The molecule has 0 bridgehead atoms. The third-order valence-electron chi connectivity index (χ3n) is 5.94. The molecule has 1 N–H and O–H groups in total. The Bertz CT molecular complexity index is 1100. The van der Waals surface area contributed by atoms with Gasteiger partial charge in [0.1, 0.15) is 5.75 Å². The average Bonchev–Trinajstić information content (AvgIpc) is 3.05. The van der Waals surface area contributed by atoms with Crippen molar-refractivity contribution >= 4 is 17.3 Å². The largest absolute Gasteiger partial charge is 0.497 e. The number of hydrogen-bond acceptors (Lipinski definition) is 4. The average molecular weight is 444 g/mol. The molecule has 1 atom stereocenters. The third kappa shape index (κ3) is 5.03. The molecule has 1 amide bonds. The van der Waals surface area contributed by atoms with Crippen molar-refractivity contribution in [1.29, 1.82) is 0 Å². The molecule has 1 aliphatic rings. The van der Waals surface area contributed by atoms with Crippen molar-refractivity contribution in [2.45, 2.75) is 32.4 Å². The highest BCUT2D eigenvalue weighted by Gasteiger charge is 2.37. The number of nitrogens with one attached hydrogen (secondary N) is 1. The number of benzene rings is 2. The number of allylic oxidation sites excluding steroid dienone is 1. The smallest absolute Gasteiger partial charge is 0.259 e. The summed E-state index contributed by atoms with van der Waals surface area (Å²) in [7, 11) is 3.59. The van der Waals surface area contributed by atoms with E-state index in [0.717, 1.165) is 46.7 Å². The van der Waals surface area contributed by atoms with Crippen molar-refractivity contribution in [1.82, 2.24) is 9.80 Å². The van der Waals surface area contributed by atoms with E-state index >= 15 is 0 Å². The Hall–Kier alpha value is -3.73. The Balaban J connectivity index is 1.82. The van der Waals surface area contributed by atoms with Crippen LogP contribution < -0.4 is 10.1 Å². The molecule has 1 unspecified atom stereocenters. The standard InChI is InChI=1S/C28H33N3O2/c1-8-9-16-26(19(2)3)31-20(4)25-15-10-12-22(27(25)28(31)32)18-30(6)21(5)29-23-13-11-14-24(17-23)33-7/h8,10-15,17,26,29H,1-2,4-5,9,16,18H2,3,6-7H3. The molecule has 172 valence electrons. The third-order valence-corrected chi connectivity index (χ3v) is 5.94. The Kier molecular flexibility index (Phi) is 7.44. The zero-order valence-corrected chi connectivity index (χ0v) is 19.9. The fourth-order valence-electron chi connectivity index (χ4n) is 4.11. The van der Waals surface area contributed by atoms with Crippen LogP contribution in [-0.2, 0) is 6.54 Å². The van der Waals surface area contributed by atoms with E-state index in [1.165, 1.54) is 0 Å². The first kappa shape index (κ1) is 23.9. The van der Waals surface area contributed by atoms with Crippen LogP contribution in [-0.4, -0.2) is 35.9 Å². The second-order valence-electron chi connectivity index (χ2n) is 8.35. The normalized spacial score (nSPS) is 13.4. The Labute approximate surface area is 197 Å². The lowest BCUT2D eigenvalue weighted by atomic mass is 10.0. The maximum atomic E-state index is 13.6. The summed E-state index contributed by atoms with van der Waals surface area (Å²) in [6.07, 6.45) is 3.44. The highest BCUT2D eigenvalue weighted by Crippen LogP contribution is 2.38. The topological polar surface area (TPSA) is 44.8 Å². The minimum atomic E-state index is -0.106. The van der Waals surface area contributed by atoms with Crippen LogP contribution in [0.5, 0.6) is 5.75 Å². The van der Waals surface area contributed by atoms with Gasteiger partial charge in [0.2, 0.25) is 0 Å². The molecule has 0 spiro atoms. The minimum Gasteiger partial charge on any atom is -0.497 e. The summed E-state index contributed by atoms with van der Waals surface area (Å²) in [6, 6.07) is 13.5. The first-order valence-corrected chi connectivity index (χ1v) is 11.0. The van der Waals surface area contributed by atoms with Crippen LogP contribution in [0.1, 0.15) is 41.3 Å². The van der Waals surface area contributed by atoms with Crippen LogP contribution >= 0.6 is 0 Å². The van der Waals surface area contributed by atoms with E-state index in [1.807, 2.05) is 67.4 Å². The number of carbonyl (C=O) groups is 1. The van der Waals surface area contributed by atoms with Crippen LogP contribution in [0, 0.1) is 0 Å². The second-order valence-corrected chi connectivity index (χ2v) is 8.35. The zero-order valence-electron chi connectivity index (χ0n) is 19.9. The molecule has 1 aliphatic heterocycles. The number of hydrogen-bond donors (Lipinski definition) is 1. The molecule has 3 rings (SSSR count). The SMILES string of the molecule is C=CCCC(C(=C)C)N1C(=C)c2cccc(CN(C)C(=C)Nc3cccc(OC)c3)c2C1=O. The highest BCUT2D eigenvalue weighted by atomic mass is 16.5. The highest BCUT2D eigenvalue weighted by molar-refractivity contribution is 6.10. The number of methoxy groups -OCH3 is 1. The molecule has 0 aromatic heterocycles. The van der Waals surface area contributed by atoms with Gasteiger partial charge in [-0.15, -0.1) is 6.58 Å². The molecule has 0 radical (unpaired) electrons. The molecule has 5 heteroatoms. The number of amides is 1. The summed E-state index contributed by atoms with van der Waals surface area (Å²) in [4.78, 5) is 17.4. The predicted octanol–water partition coefficient (Wildman–Crippen LogP) is 6.05. The summed E-state index contributed by atoms with van der Waals surface area (Å²) < 4.78 is 5.29. The van der Waals surface area contributed by atoms with Gasteiger partial charge in [-0.3, -0.25) is 4.79 Å². The van der Waals surface area contributed by atoms with E-state index in [9.17, 15) is 4.79 Å². The van der Waals surface area contributed by atoms with Crippen LogP contribution in [0.2, 0.25) is 0 Å². The molecular weight excluding hydrogens is 410 g/mol. The van der Waals surface area contributed by atoms with Gasteiger partial charge >= 0.3 is 0 Å². The summed E-state index contributed by atoms with van der Waals surface area (Å²) in [6.45, 7) is 18.8. The molecule has 1 heterocycles. The van der Waals surface area contributed by atoms with Gasteiger partial charge in [0.25, 0.3) is 5.91 Å². The van der Waals surface area contributed by atoms with Crippen molar-refractivity contribution in [2.24, 2.45) is 0 Å². The van der Waals surface area contributed by atoms with E-state index in [-0.39, 0.29) is 11.9 Å². The van der Waals surface area contributed by atoms with Crippen LogP contribution in [0.15, 0.2) is 86.3 Å². The van der Waals surface area contributed by atoms with Gasteiger partial charge in [-0.1, -0.05) is 55.7 Å². The first-order chi connectivity index (χ1) is 15.8. The molecule has 2 aromatic rings. The quantitative estimate of drug-likeness (QED) is 0.430.